The number of carbonyl (C=O) groups is 1. The van der Waals surface area contributed by atoms with Crippen molar-refractivity contribution < 1.29 is 9.53 Å². The van der Waals surface area contributed by atoms with Gasteiger partial charge in [-0.3, -0.25) is 19.1 Å². The van der Waals surface area contributed by atoms with Gasteiger partial charge in [0.15, 0.2) is 5.65 Å². The van der Waals surface area contributed by atoms with E-state index >= 15 is 0 Å². The number of hydrogen-bond acceptors (Lipinski definition) is 6. The van der Waals surface area contributed by atoms with E-state index in [0.29, 0.717) is 13.0 Å². The Balaban J connectivity index is 1.25. The maximum absolute atomic E-state index is 12.8. The number of carbonyl (C=O) groups excluding carboxylic acids is 1. The van der Waals surface area contributed by atoms with E-state index in [1.165, 1.54) is 0 Å². The normalized spacial score (nSPS) is 14.7. The van der Waals surface area contributed by atoms with E-state index in [0.717, 1.165) is 77.8 Å². The van der Waals surface area contributed by atoms with Gasteiger partial charge in [-0.25, -0.2) is 4.98 Å². The maximum atomic E-state index is 12.8. The maximum Gasteiger partial charge on any atom is 0.251 e. The highest BCUT2D eigenvalue weighted by Crippen LogP contribution is 2.25. The Bertz CT molecular complexity index is 1370. The van der Waals surface area contributed by atoms with Crippen LogP contribution in [0.5, 0.6) is 5.75 Å². The molecule has 1 fully saturated rings. The van der Waals surface area contributed by atoms with Crippen LogP contribution >= 0.6 is 0 Å². The topological polar surface area (TPSA) is 75.0 Å². The molecule has 192 valence electrons. The molecular weight excluding hydrogens is 464 g/mol. The molecule has 8 nitrogen and oxygen atoms in total. The Labute approximate surface area is 217 Å². The molecule has 0 atom stereocenters. The molecule has 1 aliphatic heterocycles. The minimum absolute atomic E-state index is 0.0178. The molecule has 1 aliphatic rings. The number of hydrogen-bond donors (Lipinski definition) is 1. The van der Waals surface area contributed by atoms with Crippen LogP contribution in [0.15, 0.2) is 61.1 Å². The fourth-order valence-corrected chi connectivity index (χ4v) is 4.85. The summed E-state index contributed by atoms with van der Waals surface area (Å²) in [5.74, 6) is 0.804. The van der Waals surface area contributed by atoms with Gasteiger partial charge in [-0.15, -0.1) is 0 Å². The van der Waals surface area contributed by atoms with Gasteiger partial charge in [-0.1, -0.05) is 12.1 Å². The molecule has 0 unspecified atom stereocenters. The van der Waals surface area contributed by atoms with E-state index in [-0.39, 0.29) is 5.91 Å². The second kappa shape index (κ2) is 11.1. The van der Waals surface area contributed by atoms with Crippen LogP contribution in [-0.4, -0.2) is 83.5 Å². The number of likely N-dealkylation sites (N-methyl/N-ethyl adjacent to an activating group) is 1. The van der Waals surface area contributed by atoms with Gasteiger partial charge in [0.25, 0.3) is 5.91 Å². The van der Waals surface area contributed by atoms with Crippen LogP contribution in [0.4, 0.5) is 0 Å². The van der Waals surface area contributed by atoms with E-state index in [2.05, 4.69) is 42.6 Å². The predicted octanol–water partition coefficient (Wildman–Crippen LogP) is 3.28. The molecule has 1 N–H and O–H groups in total. The summed E-state index contributed by atoms with van der Waals surface area (Å²) in [6, 6.07) is 14.0. The number of imidazole rings is 1. The Morgan fingerprint density at radius 2 is 1.84 bits per heavy atom. The van der Waals surface area contributed by atoms with Crippen LogP contribution in [0.2, 0.25) is 0 Å². The molecule has 1 amide bonds. The highest BCUT2D eigenvalue weighted by Gasteiger charge is 2.16. The molecule has 5 rings (SSSR count). The summed E-state index contributed by atoms with van der Waals surface area (Å²) in [5.41, 5.74) is 6.56. The zero-order chi connectivity index (χ0) is 25.8. The molecule has 8 heteroatoms. The lowest BCUT2D eigenvalue weighted by Gasteiger charge is -2.32. The molecular formula is C29H34N6O2. The molecule has 37 heavy (non-hydrogen) atoms. The standard InChI is InChI=1S/C29H34N6O2/c1-21-18-22(4-9-25(21)29(36)31-10-12-34-16-14-33(2)15-17-34)19-26-28-32-20-27(35(28)13-11-30-26)23-5-7-24(37-3)8-6-23/h4-9,11,13,18,20H,10,12,14-17,19H2,1-3H3,(H,31,36). The molecule has 1 saturated heterocycles. The number of nitrogens with zero attached hydrogens (tertiary/aromatic N) is 5. The minimum atomic E-state index is -0.0178. The highest BCUT2D eigenvalue weighted by atomic mass is 16.5. The third kappa shape index (κ3) is 5.65. The van der Waals surface area contributed by atoms with Crippen LogP contribution in [0.1, 0.15) is 27.2 Å². The number of rotatable bonds is 8. The summed E-state index contributed by atoms with van der Waals surface area (Å²) in [7, 11) is 3.81. The van der Waals surface area contributed by atoms with Crippen molar-refractivity contribution in [3.8, 4) is 17.0 Å². The molecule has 2 aromatic carbocycles. The Morgan fingerprint density at radius 1 is 1.05 bits per heavy atom. The third-order valence-electron chi connectivity index (χ3n) is 7.10. The summed E-state index contributed by atoms with van der Waals surface area (Å²) in [4.78, 5) is 26.8. The zero-order valence-electron chi connectivity index (χ0n) is 21.8. The minimum Gasteiger partial charge on any atom is -0.497 e. The number of amides is 1. The first-order valence-corrected chi connectivity index (χ1v) is 12.8. The van der Waals surface area contributed by atoms with Gasteiger partial charge < -0.3 is 15.0 Å². The van der Waals surface area contributed by atoms with Gasteiger partial charge in [0.2, 0.25) is 0 Å². The van der Waals surface area contributed by atoms with Crippen LogP contribution in [0, 0.1) is 6.92 Å². The summed E-state index contributed by atoms with van der Waals surface area (Å²) >= 11 is 0. The van der Waals surface area contributed by atoms with Gasteiger partial charge in [0.1, 0.15) is 5.75 Å². The number of piperazine rings is 1. The lowest BCUT2D eigenvalue weighted by atomic mass is 10.0. The van der Waals surface area contributed by atoms with Crippen molar-refractivity contribution >= 4 is 11.6 Å². The molecule has 3 heterocycles. The Morgan fingerprint density at radius 3 is 2.57 bits per heavy atom. The lowest BCUT2D eigenvalue weighted by molar-refractivity contribution is 0.0940. The third-order valence-corrected chi connectivity index (χ3v) is 7.10. The molecule has 0 radical (unpaired) electrons. The fraction of sp³-hybridized carbons (Fsp3) is 0.345. The van der Waals surface area contributed by atoms with Crippen LogP contribution in [0.25, 0.3) is 16.9 Å². The van der Waals surface area contributed by atoms with Crippen molar-refractivity contribution in [1.82, 2.24) is 29.5 Å². The Kier molecular flexibility index (Phi) is 7.48. The van der Waals surface area contributed by atoms with Crippen molar-refractivity contribution in [2.24, 2.45) is 0 Å². The van der Waals surface area contributed by atoms with E-state index in [4.69, 9.17) is 4.74 Å². The monoisotopic (exact) mass is 498 g/mol. The summed E-state index contributed by atoms with van der Waals surface area (Å²) in [6.45, 7) is 7.81. The average molecular weight is 499 g/mol. The SMILES string of the molecule is COc1ccc(-c2cnc3c(Cc4ccc(C(=O)NCCN5CCN(C)CC5)c(C)c4)nccn23)cc1. The van der Waals surface area contributed by atoms with E-state index in [9.17, 15) is 4.79 Å². The lowest BCUT2D eigenvalue weighted by Crippen LogP contribution is -2.46. The number of nitrogens with one attached hydrogen (secondary N) is 1. The molecule has 0 spiro atoms. The molecule has 0 aliphatic carbocycles. The number of aryl methyl sites for hydroxylation is 1. The van der Waals surface area contributed by atoms with Crippen molar-refractivity contribution in [1.29, 1.82) is 0 Å². The van der Waals surface area contributed by atoms with Crippen LogP contribution in [0.3, 0.4) is 0 Å². The van der Waals surface area contributed by atoms with Gasteiger partial charge in [0, 0.05) is 69.2 Å². The number of methoxy groups -OCH3 is 1. The molecule has 2 aromatic heterocycles. The van der Waals surface area contributed by atoms with E-state index in [1.807, 2.05) is 61.9 Å². The van der Waals surface area contributed by atoms with Crippen LogP contribution in [-0.2, 0) is 6.42 Å². The largest absolute Gasteiger partial charge is 0.497 e. The quantitative estimate of drug-likeness (QED) is 0.402. The van der Waals surface area contributed by atoms with E-state index < -0.39 is 0 Å². The van der Waals surface area contributed by atoms with Crippen molar-refractivity contribution in [2.75, 3.05) is 53.4 Å². The number of benzene rings is 2. The molecule has 0 bridgehead atoms. The van der Waals surface area contributed by atoms with Crippen molar-refractivity contribution in [2.45, 2.75) is 13.3 Å². The van der Waals surface area contributed by atoms with E-state index in [1.54, 1.807) is 7.11 Å². The average Bonchev–Trinajstić information content (AvgIpc) is 3.35. The number of ether oxygens (including phenoxy) is 1. The fourth-order valence-electron chi connectivity index (χ4n) is 4.85. The first-order chi connectivity index (χ1) is 18.0. The number of fused-ring (bicyclic) bond motifs is 1. The summed E-state index contributed by atoms with van der Waals surface area (Å²) < 4.78 is 7.35. The highest BCUT2D eigenvalue weighted by molar-refractivity contribution is 5.95. The predicted molar refractivity (Wildman–Crippen MR) is 145 cm³/mol. The van der Waals surface area contributed by atoms with Gasteiger partial charge in [-0.2, -0.15) is 0 Å². The van der Waals surface area contributed by atoms with Crippen molar-refractivity contribution in [3.05, 3.63) is 83.4 Å². The summed E-state index contributed by atoms with van der Waals surface area (Å²) in [5, 5.41) is 3.09. The van der Waals surface area contributed by atoms with Gasteiger partial charge in [0.05, 0.1) is 24.7 Å². The first kappa shape index (κ1) is 24.9. The smallest absolute Gasteiger partial charge is 0.251 e. The summed E-state index contributed by atoms with van der Waals surface area (Å²) in [6.07, 6.45) is 6.26. The van der Waals surface area contributed by atoms with Crippen molar-refractivity contribution in [3.63, 3.8) is 0 Å². The molecule has 0 saturated carbocycles. The Hall–Kier alpha value is -3.75. The van der Waals surface area contributed by atoms with Gasteiger partial charge in [-0.05, 0) is 55.4 Å². The number of aromatic nitrogens is 3. The second-order valence-corrected chi connectivity index (χ2v) is 9.67. The first-order valence-electron chi connectivity index (χ1n) is 12.8. The molecule has 4 aromatic rings. The zero-order valence-corrected chi connectivity index (χ0v) is 21.8. The second-order valence-electron chi connectivity index (χ2n) is 9.67. The van der Waals surface area contributed by atoms with Crippen LogP contribution < -0.4 is 10.1 Å². The van der Waals surface area contributed by atoms with Gasteiger partial charge >= 0.3 is 0 Å².